The molecule has 3 rings (SSSR count). The van der Waals surface area contributed by atoms with Gasteiger partial charge < -0.3 is 15.4 Å². The van der Waals surface area contributed by atoms with E-state index in [2.05, 4.69) is 0 Å². The second kappa shape index (κ2) is 7.66. The maximum absolute atomic E-state index is 13.9. The first-order valence-electron chi connectivity index (χ1n) is 9.03. The molecule has 0 unspecified atom stereocenters. The highest BCUT2D eigenvalue weighted by molar-refractivity contribution is 5.69. The van der Waals surface area contributed by atoms with Crippen molar-refractivity contribution in [2.45, 2.75) is 12.8 Å². The fraction of sp³-hybridized carbons (Fsp3) is 0.333. The molecule has 1 aromatic rings. The van der Waals surface area contributed by atoms with Crippen LogP contribution in [0.15, 0.2) is 47.2 Å². The van der Waals surface area contributed by atoms with Crippen molar-refractivity contribution in [1.29, 1.82) is 15.8 Å². The zero-order valence-electron chi connectivity index (χ0n) is 15.7. The molecule has 0 spiro atoms. The fourth-order valence-electron chi connectivity index (χ4n) is 4.08. The van der Waals surface area contributed by atoms with Crippen LogP contribution in [-0.4, -0.2) is 30.7 Å². The van der Waals surface area contributed by atoms with Crippen LogP contribution in [0.1, 0.15) is 18.4 Å². The summed E-state index contributed by atoms with van der Waals surface area (Å²) in [5.74, 6) is -1.79. The van der Waals surface area contributed by atoms with Gasteiger partial charge in [-0.2, -0.15) is 15.8 Å². The Balaban J connectivity index is 2.23. The summed E-state index contributed by atoms with van der Waals surface area (Å²) in [7, 11) is 0. The summed E-state index contributed by atoms with van der Waals surface area (Å²) in [5, 5.41) is 29.5. The van der Waals surface area contributed by atoms with E-state index in [0.717, 1.165) is 0 Å². The van der Waals surface area contributed by atoms with Crippen LogP contribution in [0.25, 0.3) is 0 Å². The van der Waals surface area contributed by atoms with Gasteiger partial charge in [0.2, 0.25) is 5.41 Å². The Morgan fingerprint density at radius 3 is 2.69 bits per heavy atom. The van der Waals surface area contributed by atoms with Gasteiger partial charge in [-0.25, -0.2) is 9.18 Å². The van der Waals surface area contributed by atoms with E-state index in [1.165, 1.54) is 23.1 Å². The first-order chi connectivity index (χ1) is 13.9. The topological polar surface area (TPSA) is 127 Å². The van der Waals surface area contributed by atoms with Gasteiger partial charge in [0.25, 0.3) is 0 Å². The summed E-state index contributed by atoms with van der Waals surface area (Å²) in [6.07, 6.45) is 1.08. The van der Waals surface area contributed by atoms with Crippen LogP contribution in [0.3, 0.4) is 0 Å². The number of hydrogen-bond donors (Lipinski definition) is 1. The van der Waals surface area contributed by atoms with Gasteiger partial charge >= 0.3 is 6.09 Å². The number of nitriles is 3. The highest BCUT2D eigenvalue weighted by atomic mass is 19.1. The van der Waals surface area contributed by atoms with Crippen molar-refractivity contribution >= 4 is 6.09 Å². The fourth-order valence-corrected chi connectivity index (χ4v) is 4.08. The Morgan fingerprint density at radius 2 is 2.10 bits per heavy atom. The molecule has 1 aliphatic carbocycles. The van der Waals surface area contributed by atoms with Crippen molar-refractivity contribution in [3.05, 3.63) is 58.6 Å². The molecule has 0 saturated carbocycles. The smallest absolute Gasteiger partial charge is 0.410 e. The van der Waals surface area contributed by atoms with Crippen LogP contribution in [0.2, 0.25) is 0 Å². The van der Waals surface area contributed by atoms with Gasteiger partial charge in [0, 0.05) is 24.9 Å². The van der Waals surface area contributed by atoms with E-state index in [1.807, 2.05) is 18.2 Å². The van der Waals surface area contributed by atoms with Crippen LogP contribution in [-0.2, 0) is 4.74 Å². The van der Waals surface area contributed by atoms with E-state index in [0.29, 0.717) is 11.1 Å². The highest BCUT2D eigenvalue weighted by Gasteiger charge is 2.53. The molecule has 1 aliphatic heterocycles. The molecule has 2 N–H and O–H groups in total. The maximum Gasteiger partial charge on any atom is 0.410 e. The minimum atomic E-state index is -1.81. The number of carbonyl (C=O) groups is 1. The number of ether oxygens (including phenoxy) is 1. The molecule has 0 fully saturated rings. The zero-order valence-corrected chi connectivity index (χ0v) is 15.7. The van der Waals surface area contributed by atoms with Crippen LogP contribution in [0.4, 0.5) is 9.18 Å². The predicted octanol–water partition coefficient (Wildman–Crippen LogP) is 2.71. The van der Waals surface area contributed by atoms with Crippen LogP contribution in [0.5, 0.6) is 0 Å². The normalized spacial score (nSPS) is 22.4. The van der Waals surface area contributed by atoms with Crippen molar-refractivity contribution in [1.82, 2.24) is 4.90 Å². The van der Waals surface area contributed by atoms with Crippen LogP contribution < -0.4 is 5.73 Å². The number of nitrogens with zero attached hydrogens (tertiary/aromatic N) is 4. The molecule has 0 aromatic heterocycles. The summed E-state index contributed by atoms with van der Waals surface area (Å²) < 4.78 is 19.0. The summed E-state index contributed by atoms with van der Waals surface area (Å²) >= 11 is 0. The molecule has 0 saturated heterocycles. The standard InChI is InChI=1S/C21H18FN5O2/c1-2-29-20(28)27-7-6-17-16(10-27)18(13-4-3-5-14(22)8-13)15(9-23)19(26)21(17,11-24)12-25/h3-6,8,16,18H,2,7,10,26H2,1H3/t16-,18-/m1/s1. The molecule has 1 aromatic carbocycles. The second-order valence-corrected chi connectivity index (χ2v) is 6.82. The van der Waals surface area contributed by atoms with Gasteiger partial charge in [-0.3, -0.25) is 0 Å². The first kappa shape index (κ1) is 19.9. The molecule has 0 bridgehead atoms. The maximum atomic E-state index is 13.9. The SMILES string of the molecule is CCOC(=O)N1CC=C2[C@@H](C1)[C@H](c1cccc(F)c1)C(C#N)=C(N)C2(C#N)C#N. The molecular weight excluding hydrogens is 373 g/mol. The van der Waals surface area contributed by atoms with Gasteiger partial charge in [0.15, 0.2) is 0 Å². The Labute approximate surface area is 167 Å². The van der Waals surface area contributed by atoms with E-state index < -0.39 is 29.2 Å². The number of fused-ring (bicyclic) bond motifs is 1. The Morgan fingerprint density at radius 1 is 1.38 bits per heavy atom. The number of halogens is 1. The molecule has 0 radical (unpaired) electrons. The lowest BCUT2D eigenvalue weighted by atomic mass is 9.60. The van der Waals surface area contributed by atoms with Crippen molar-refractivity contribution in [3.8, 4) is 18.2 Å². The Bertz CT molecular complexity index is 1030. The number of benzene rings is 1. The van der Waals surface area contributed by atoms with Crippen molar-refractivity contribution in [3.63, 3.8) is 0 Å². The van der Waals surface area contributed by atoms with Gasteiger partial charge in [-0.05, 0) is 30.2 Å². The van der Waals surface area contributed by atoms with Crippen molar-refractivity contribution < 1.29 is 13.9 Å². The van der Waals surface area contributed by atoms with Crippen molar-refractivity contribution in [2.75, 3.05) is 19.7 Å². The molecule has 29 heavy (non-hydrogen) atoms. The predicted molar refractivity (Wildman–Crippen MR) is 99.8 cm³/mol. The molecule has 1 heterocycles. The number of rotatable bonds is 2. The molecule has 7 nitrogen and oxygen atoms in total. The summed E-state index contributed by atoms with van der Waals surface area (Å²) in [6.45, 7) is 2.13. The van der Waals surface area contributed by atoms with Crippen molar-refractivity contribution in [2.24, 2.45) is 17.1 Å². The largest absolute Gasteiger partial charge is 0.450 e. The number of hydrogen-bond acceptors (Lipinski definition) is 6. The number of amides is 1. The lowest BCUT2D eigenvalue weighted by molar-refractivity contribution is 0.102. The molecule has 2 aliphatic rings. The molecular formula is C21H18FN5O2. The van der Waals surface area contributed by atoms with Gasteiger partial charge in [-0.15, -0.1) is 0 Å². The molecule has 2 atom stereocenters. The lowest BCUT2D eigenvalue weighted by Crippen LogP contribution is -2.48. The quantitative estimate of drug-likeness (QED) is 0.772. The first-order valence-corrected chi connectivity index (χ1v) is 9.03. The molecule has 8 heteroatoms. The monoisotopic (exact) mass is 391 g/mol. The third-order valence-electron chi connectivity index (χ3n) is 5.38. The number of carbonyl (C=O) groups excluding carboxylic acids is 1. The molecule has 1 amide bonds. The van der Waals surface area contributed by atoms with Gasteiger partial charge in [0.05, 0.1) is 36.1 Å². The summed E-state index contributed by atoms with van der Waals surface area (Å²) in [4.78, 5) is 13.7. The third-order valence-corrected chi connectivity index (χ3v) is 5.38. The second-order valence-electron chi connectivity index (χ2n) is 6.82. The van der Waals surface area contributed by atoms with E-state index in [1.54, 1.807) is 19.1 Å². The lowest BCUT2D eigenvalue weighted by Gasteiger charge is -2.44. The third kappa shape index (κ3) is 3.07. The number of allylic oxidation sites excluding steroid dienone is 2. The number of nitrogens with two attached hydrogens (primary N) is 1. The highest BCUT2D eigenvalue weighted by Crippen LogP contribution is 2.52. The van der Waals surface area contributed by atoms with Gasteiger partial charge in [-0.1, -0.05) is 18.2 Å². The van der Waals surface area contributed by atoms with Gasteiger partial charge in [0.1, 0.15) is 5.82 Å². The van der Waals surface area contributed by atoms with E-state index in [9.17, 15) is 25.0 Å². The van der Waals surface area contributed by atoms with Crippen LogP contribution in [0, 0.1) is 51.1 Å². The minimum absolute atomic E-state index is 0.0339. The van der Waals surface area contributed by atoms with E-state index in [4.69, 9.17) is 10.5 Å². The Hall–Kier alpha value is -3.83. The summed E-state index contributed by atoms with van der Waals surface area (Å²) in [5.41, 5.74) is 5.17. The average Bonchev–Trinajstić information content (AvgIpc) is 2.73. The van der Waals surface area contributed by atoms with E-state index >= 15 is 0 Å². The van der Waals surface area contributed by atoms with Crippen LogP contribution >= 0.6 is 0 Å². The minimum Gasteiger partial charge on any atom is -0.450 e. The summed E-state index contributed by atoms with van der Waals surface area (Å²) in [6, 6.07) is 11.7. The van der Waals surface area contributed by atoms with E-state index in [-0.39, 0.29) is 31.0 Å². The molecule has 146 valence electrons. The zero-order chi connectivity index (χ0) is 21.2. The average molecular weight is 391 g/mol. The Kier molecular flexibility index (Phi) is 5.26.